The number of rotatable bonds is 5. The van der Waals surface area contributed by atoms with E-state index in [9.17, 15) is 0 Å². The summed E-state index contributed by atoms with van der Waals surface area (Å²) in [6.45, 7) is 26.9. The zero-order valence-electron chi connectivity index (χ0n) is 33.8. The van der Waals surface area contributed by atoms with Gasteiger partial charge in [0.2, 0.25) is 0 Å². The number of hydrogen-bond acceptors (Lipinski definition) is 0. The minimum atomic E-state index is -2.68. The van der Waals surface area contributed by atoms with Gasteiger partial charge in [-0.1, -0.05) is 0 Å². The van der Waals surface area contributed by atoms with Crippen molar-refractivity contribution in [2.45, 2.75) is 129 Å². The summed E-state index contributed by atoms with van der Waals surface area (Å²) < 4.78 is 4.15. The van der Waals surface area contributed by atoms with E-state index in [1.165, 1.54) is 71.0 Å². The van der Waals surface area contributed by atoms with Crippen LogP contribution >= 0.6 is 0 Å². The van der Waals surface area contributed by atoms with E-state index in [4.69, 9.17) is 0 Å². The Labute approximate surface area is 336 Å². The molecule has 0 radical (unpaired) electrons. The molecule has 6 aliphatic rings. The van der Waals surface area contributed by atoms with Crippen LogP contribution in [0.2, 0.25) is 0 Å². The molecule has 0 saturated heterocycles. The van der Waals surface area contributed by atoms with Crippen molar-refractivity contribution in [1.82, 2.24) is 0 Å². The van der Waals surface area contributed by atoms with Crippen LogP contribution in [0.5, 0.6) is 0 Å². The first-order valence-corrected chi connectivity index (χ1v) is 24.0. The molecule has 3 aromatic carbocycles. The second-order valence-corrected chi connectivity index (χ2v) is 26.0. The second kappa shape index (κ2) is 14.2. The van der Waals surface area contributed by atoms with Gasteiger partial charge >= 0.3 is 314 Å². The fourth-order valence-corrected chi connectivity index (χ4v) is 21.7. The first-order chi connectivity index (χ1) is 23.6. The molecule has 0 spiro atoms. The first kappa shape index (κ1) is 40.1. The van der Waals surface area contributed by atoms with Gasteiger partial charge in [-0.05, 0) is 0 Å². The molecule has 9 rings (SSSR count). The largest absolute Gasteiger partial charge is 1.00 e. The Morgan fingerprint density at radius 1 is 0.731 bits per heavy atom. The summed E-state index contributed by atoms with van der Waals surface area (Å²) in [7, 11) is 0. The van der Waals surface area contributed by atoms with Crippen molar-refractivity contribution in [3.05, 3.63) is 115 Å². The fourth-order valence-electron chi connectivity index (χ4n) is 12.2. The van der Waals surface area contributed by atoms with Gasteiger partial charge in [-0.25, -0.2) is 0 Å². The molecule has 4 fully saturated rings. The molecule has 0 N–H and O–H groups in total. The van der Waals surface area contributed by atoms with E-state index < -0.39 is 21.3 Å². The number of fused-ring (bicyclic) bond motifs is 3. The van der Waals surface area contributed by atoms with Crippen LogP contribution in [0.3, 0.4) is 0 Å². The second-order valence-electron chi connectivity index (χ2n) is 19.7. The quantitative estimate of drug-likeness (QED) is 0.257. The maximum Gasteiger partial charge on any atom is -1.00 e. The van der Waals surface area contributed by atoms with Crippen molar-refractivity contribution < 1.29 is 46.1 Å². The van der Waals surface area contributed by atoms with Gasteiger partial charge in [0.25, 0.3) is 0 Å². The van der Waals surface area contributed by atoms with Crippen LogP contribution in [0.15, 0.2) is 75.6 Å². The van der Waals surface area contributed by atoms with Gasteiger partial charge < -0.3 is 24.8 Å². The molecule has 3 heteroatoms. The average molecular weight is 813 g/mol. The van der Waals surface area contributed by atoms with Crippen LogP contribution in [0.4, 0.5) is 0 Å². The van der Waals surface area contributed by atoms with Gasteiger partial charge in [0.15, 0.2) is 0 Å². The molecule has 1 atom stereocenters. The van der Waals surface area contributed by atoms with E-state index in [1.54, 1.807) is 19.9 Å². The van der Waals surface area contributed by atoms with Gasteiger partial charge in [0, 0.05) is 0 Å². The van der Waals surface area contributed by atoms with Gasteiger partial charge in [0.05, 0.1) is 0 Å². The summed E-state index contributed by atoms with van der Waals surface area (Å²) in [6.07, 6.45) is 14.3. The minimum Gasteiger partial charge on any atom is -1.00 e. The molecular formula is C49H62Cl2Zr. The molecule has 276 valence electrons. The Kier molecular flexibility index (Phi) is 11.0. The van der Waals surface area contributed by atoms with Gasteiger partial charge in [-0.2, -0.15) is 0 Å². The molecule has 6 aliphatic carbocycles. The Hall–Kier alpha value is -1.53. The SMILES string of the molecule is CC/[C](c1ccccc1)=[Zr+2](/[C]1=CC(C2(C)C3CC4CC(C3)CC2C4)=CC1C)[CH]1c2cc(C)c(C(C)(C)C)cc2-c2cc(C(C)(C)C)c(C)cc21.[Cl-].[Cl-]. The molecule has 0 amide bonds. The number of allylic oxidation sites excluding steroid dienone is 4. The molecular weight excluding hydrogens is 751 g/mol. The van der Waals surface area contributed by atoms with Crippen LogP contribution in [0.25, 0.3) is 11.1 Å². The molecule has 0 heterocycles. The first-order valence-electron chi connectivity index (χ1n) is 20.1. The van der Waals surface area contributed by atoms with Crippen molar-refractivity contribution >= 4 is 3.21 Å². The standard InChI is InChI=1S/C23H29.C17H23.C9H10.2ClH.Zr/c1-14-9-16-11-17-10-15(2)21(23(6,7)8)13-19(17)18(16)12-20(14)22(3,4)5;1-11-3-4-14(5-11)17(2)15-7-12-6-13(9-15)10-16(17)8-12;1-2-6-9-7-4-3-5-8-9;;;/h9-13H,1-8H3;4-5,11-13,15-16H,6-10H2,1-2H3;3-5,7-8H,2H2,1H3;2*1H;/q;;;;;+2/p-2. The van der Waals surface area contributed by atoms with Crippen LogP contribution in [-0.2, 0) is 32.1 Å². The summed E-state index contributed by atoms with van der Waals surface area (Å²) in [5.41, 5.74) is 16.1. The predicted molar refractivity (Wildman–Crippen MR) is 212 cm³/mol. The normalized spacial score (nSPS) is 27.7. The van der Waals surface area contributed by atoms with Crippen molar-refractivity contribution in [3.8, 4) is 11.1 Å². The van der Waals surface area contributed by atoms with E-state index in [1.807, 2.05) is 3.28 Å². The predicted octanol–water partition coefficient (Wildman–Crippen LogP) is 7.15. The summed E-state index contributed by atoms with van der Waals surface area (Å²) >= 11 is -2.68. The van der Waals surface area contributed by atoms with Crippen molar-refractivity contribution in [3.63, 3.8) is 0 Å². The summed E-state index contributed by atoms with van der Waals surface area (Å²) in [4.78, 5) is 0. The third-order valence-corrected chi connectivity index (χ3v) is 23.5. The molecule has 0 aliphatic heterocycles. The Morgan fingerprint density at radius 2 is 1.21 bits per heavy atom. The van der Waals surface area contributed by atoms with Crippen LogP contribution in [0.1, 0.15) is 143 Å². The van der Waals surface area contributed by atoms with Gasteiger partial charge in [-0.15, -0.1) is 0 Å². The Morgan fingerprint density at radius 3 is 1.65 bits per heavy atom. The topological polar surface area (TPSA) is 0 Å². The van der Waals surface area contributed by atoms with Crippen molar-refractivity contribution in [2.24, 2.45) is 35.0 Å². The molecule has 52 heavy (non-hydrogen) atoms. The van der Waals surface area contributed by atoms with Crippen LogP contribution < -0.4 is 24.8 Å². The fraction of sp³-hybridized carbons (Fsp3) is 0.531. The monoisotopic (exact) mass is 810 g/mol. The van der Waals surface area contributed by atoms with E-state index >= 15 is 0 Å². The third-order valence-electron chi connectivity index (χ3n) is 14.4. The van der Waals surface area contributed by atoms with Crippen LogP contribution in [-0.4, -0.2) is 3.21 Å². The molecule has 0 aromatic heterocycles. The Bertz CT molecular complexity index is 1860. The maximum atomic E-state index is 2.88. The molecule has 3 aromatic rings. The number of aryl methyl sites for hydroxylation is 2. The molecule has 1 unspecified atom stereocenters. The van der Waals surface area contributed by atoms with Gasteiger partial charge in [-0.3, -0.25) is 0 Å². The summed E-state index contributed by atoms with van der Waals surface area (Å²) in [5.74, 6) is 4.30. The minimum absolute atomic E-state index is 0. The molecule has 0 nitrogen and oxygen atoms in total. The third kappa shape index (κ3) is 6.42. The number of hydrogen-bond donors (Lipinski definition) is 0. The van der Waals surface area contributed by atoms with E-state index in [-0.39, 0.29) is 35.6 Å². The number of halogens is 2. The smallest absolute Gasteiger partial charge is 1.00 e. The zero-order valence-corrected chi connectivity index (χ0v) is 37.8. The van der Waals surface area contributed by atoms with Crippen molar-refractivity contribution in [2.75, 3.05) is 0 Å². The summed E-state index contributed by atoms with van der Waals surface area (Å²) in [5, 5.41) is 0. The molecule has 4 saturated carbocycles. The van der Waals surface area contributed by atoms with Crippen molar-refractivity contribution in [1.29, 1.82) is 0 Å². The number of benzene rings is 3. The van der Waals surface area contributed by atoms with E-state index in [2.05, 4.69) is 143 Å². The van der Waals surface area contributed by atoms with E-state index in [0.717, 1.165) is 30.1 Å². The summed E-state index contributed by atoms with van der Waals surface area (Å²) in [6, 6.07) is 22.2. The van der Waals surface area contributed by atoms with E-state index in [0.29, 0.717) is 15.0 Å². The van der Waals surface area contributed by atoms with Gasteiger partial charge in [0.1, 0.15) is 0 Å². The Balaban J connectivity index is 0.00000232. The average Bonchev–Trinajstić information content (AvgIpc) is 3.57. The maximum absolute atomic E-state index is 2.88. The zero-order chi connectivity index (χ0) is 35.5. The molecule has 4 bridgehead atoms. The van der Waals surface area contributed by atoms with Crippen LogP contribution in [0, 0.1) is 48.9 Å².